The molecule has 0 bridgehead atoms. The second kappa shape index (κ2) is 7.15. The number of hydrogen-bond acceptors (Lipinski definition) is 3. The quantitative estimate of drug-likeness (QED) is 0.629. The average molecular weight is 333 g/mol. The minimum absolute atomic E-state index is 0.0221. The van der Waals surface area contributed by atoms with Crippen LogP contribution in [0.1, 0.15) is 26.3 Å². The summed E-state index contributed by atoms with van der Waals surface area (Å²) in [5.74, 6) is 4.90. The van der Waals surface area contributed by atoms with Gasteiger partial charge in [-0.25, -0.2) is 12.8 Å². The summed E-state index contributed by atoms with van der Waals surface area (Å²) in [5, 5.41) is 0. The van der Waals surface area contributed by atoms with Crippen LogP contribution in [0.5, 0.6) is 5.75 Å². The number of sulfone groups is 1. The molecule has 0 radical (unpaired) electrons. The van der Waals surface area contributed by atoms with Crippen molar-refractivity contribution in [3.63, 3.8) is 0 Å². The Balaban J connectivity index is 2.68. The van der Waals surface area contributed by atoms with Gasteiger partial charge in [-0.1, -0.05) is 11.8 Å². The highest BCUT2D eigenvalue weighted by molar-refractivity contribution is 7.92. The van der Waals surface area contributed by atoms with Gasteiger partial charge in [-0.15, -0.1) is 11.6 Å². The van der Waals surface area contributed by atoms with E-state index in [1.807, 2.05) is 0 Å². The van der Waals surface area contributed by atoms with Crippen LogP contribution in [0.4, 0.5) is 4.39 Å². The van der Waals surface area contributed by atoms with E-state index in [0.717, 1.165) is 0 Å². The molecule has 21 heavy (non-hydrogen) atoms. The predicted octanol–water partition coefficient (Wildman–Crippen LogP) is 3.01. The van der Waals surface area contributed by atoms with E-state index in [0.29, 0.717) is 0 Å². The number of alkyl halides is 1. The number of ether oxygens (including phenoxy) is 1. The molecule has 0 saturated carbocycles. The monoisotopic (exact) mass is 332 g/mol. The first-order valence-electron chi connectivity index (χ1n) is 6.37. The molecule has 1 rings (SSSR count). The van der Waals surface area contributed by atoms with Crippen molar-refractivity contribution in [3.05, 3.63) is 29.6 Å². The SMILES string of the molecule is CC(C)(C)S(=O)(=O)CCOc1ccc(C#CCCl)c(F)c1. The number of rotatable bonds is 4. The summed E-state index contributed by atoms with van der Waals surface area (Å²) in [6, 6.07) is 4.20. The van der Waals surface area contributed by atoms with Gasteiger partial charge in [0.2, 0.25) is 0 Å². The second-order valence-corrected chi connectivity index (χ2v) is 8.49. The third-order valence-corrected chi connectivity index (χ3v) is 5.49. The van der Waals surface area contributed by atoms with Crippen LogP contribution < -0.4 is 4.74 Å². The van der Waals surface area contributed by atoms with Crippen LogP contribution in [0.15, 0.2) is 18.2 Å². The van der Waals surface area contributed by atoms with E-state index in [1.54, 1.807) is 26.8 Å². The lowest BCUT2D eigenvalue weighted by Gasteiger charge is -2.19. The van der Waals surface area contributed by atoms with Gasteiger partial charge in [0, 0.05) is 6.07 Å². The van der Waals surface area contributed by atoms with Crippen molar-refractivity contribution in [2.75, 3.05) is 18.2 Å². The van der Waals surface area contributed by atoms with E-state index in [9.17, 15) is 12.8 Å². The smallest absolute Gasteiger partial charge is 0.158 e. The molecule has 0 atom stereocenters. The summed E-state index contributed by atoms with van der Waals surface area (Å²) >= 11 is 5.41. The van der Waals surface area contributed by atoms with Gasteiger partial charge in [0.25, 0.3) is 0 Å². The fraction of sp³-hybridized carbons (Fsp3) is 0.467. The third kappa shape index (κ3) is 5.22. The summed E-state index contributed by atoms with van der Waals surface area (Å²) in [6.45, 7) is 4.87. The Hall–Kier alpha value is -1.25. The number of halogens is 2. The van der Waals surface area contributed by atoms with E-state index in [4.69, 9.17) is 16.3 Å². The topological polar surface area (TPSA) is 43.4 Å². The molecule has 0 N–H and O–H groups in total. The zero-order valence-electron chi connectivity index (χ0n) is 12.2. The molecule has 1 aromatic rings. The molecule has 0 aliphatic carbocycles. The first-order chi connectivity index (χ1) is 9.67. The standard InChI is InChI=1S/C15H18ClFO3S/c1-15(2,3)21(18,19)10-9-20-13-7-6-12(5-4-8-16)14(17)11-13/h6-7,11H,8-10H2,1-3H3. The summed E-state index contributed by atoms with van der Waals surface area (Å²) in [6.07, 6.45) is 0. The van der Waals surface area contributed by atoms with Gasteiger partial charge in [-0.3, -0.25) is 0 Å². The normalized spacial score (nSPS) is 11.7. The molecule has 1 aromatic carbocycles. The highest BCUT2D eigenvalue weighted by Gasteiger charge is 2.28. The first-order valence-corrected chi connectivity index (χ1v) is 8.55. The van der Waals surface area contributed by atoms with E-state index < -0.39 is 20.4 Å². The minimum atomic E-state index is -3.25. The van der Waals surface area contributed by atoms with Crippen LogP contribution in [-0.2, 0) is 9.84 Å². The third-order valence-electron chi connectivity index (χ3n) is 2.78. The lowest BCUT2D eigenvalue weighted by molar-refractivity contribution is 0.337. The Bertz CT molecular complexity index is 652. The van der Waals surface area contributed by atoms with E-state index in [-0.39, 0.29) is 29.6 Å². The molecule has 0 aromatic heterocycles. The largest absolute Gasteiger partial charge is 0.492 e. The van der Waals surface area contributed by atoms with Crippen molar-refractivity contribution in [2.24, 2.45) is 0 Å². The van der Waals surface area contributed by atoms with Crippen LogP contribution in [-0.4, -0.2) is 31.4 Å². The lowest BCUT2D eigenvalue weighted by atomic mass is 10.2. The second-order valence-electron chi connectivity index (χ2n) is 5.36. The van der Waals surface area contributed by atoms with Crippen LogP contribution in [0.2, 0.25) is 0 Å². The Morgan fingerprint density at radius 3 is 2.52 bits per heavy atom. The Labute approximate surface area is 130 Å². The summed E-state index contributed by atoms with van der Waals surface area (Å²) in [7, 11) is -3.25. The molecule has 0 amide bonds. The van der Waals surface area contributed by atoms with Gasteiger partial charge in [-0.2, -0.15) is 0 Å². The van der Waals surface area contributed by atoms with E-state index >= 15 is 0 Å². The van der Waals surface area contributed by atoms with Gasteiger partial charge < -0.3 is 4.74 Å². The van der Waals surface area contributed by atoms with Crippen molar-refractivity contribution in [1.29, 1.82) is 0 Å². The van der Waals surface area contributed by atoms with Crippen molar-refractivity contribution >= 4 is 21.4 Å². The van der Waals surface area contributed by atoms with Gasteiger partial charge in [-0.05, 0) is 32.9 Å². The van der Waals surface area contributed by atoms with Crippen LogP contribution in [0.3, 0.4) is 0 Å². The zero-order valence-corrected chi connectivity index (χ0v) is 13.8. The van der Waals surface area contributed by atoms with E-state index in [1.165, 1.54) is 12.1 Å². The van der Waals surface area contributed by atoms with Crippen molar-refractivity contribution in [1.82, 2.24) is 0 Å². The van der Waals surface area contributed by atoms with Gasteiger partial charge in [0.1, 0.15) is 18.2 Å². The van der Waals surface area contributed by atoms with Gasteiger partial charge in [0.15, 0.2) is 9.84 Å². The molecule has 0 heterocycles. The summed E-state index contributed by atoms with van der Waals surface area (Å²) in [5.41, 5.74) is 0.227. The molecule has 0 fully saturated rings. The van der Waals surface area contributed by atoms with Gasteiger partial charge in [0.05, 0.1) is 21.9 Å². The minimum Gasteiger partial charge on any atom is -0.492 e. The average Bonchev–Trinajstić information content (AvgIpc) is 2.36. The van der Waals surface area contributed by atoms with Crippen molar-refractivity contribution < 1.29 is 17.5 Å². The summed E-state index contributed by atoms with van der Waals surface area (Å²) < 4.78 is 41.9. The molecule has 0 spiro atoms. The first kappa shape index (κ1) is 17.8. The lowest BCUT2D eigenvalue weighted by Crippen LogP contribution is -2.32. The Kier molecular flexibility index (Phi) is 6.06. The van der Waals surface area contributed by atoms with E-state index in [2.05, 4.69) is 11.8 Å². The Morgan fingerprint density at radius 1 is 1.33 bits per heavy atom. The maximum Gasteiger partial charge on any atom is 0.158 e. The maximum atomic E-state index is 13.7. The molecule has 116 valence electrons. The molecule has 0 aliphatic heterocycles. The van der Waals surface area contributed by atoms with Crippen LogP contribution in [0.25, 0.3) is 0 Å². The fourth-order valence-electron chi connectivity index (χ4n) is 1.39. The summed E-state index contributed by atoms with van der Waals surface area (Å²) in [4.78, 5) is 0. The van der Waals surface area contributed by atoms with Crippen LogP contribution >= 0.6 is 11.6 Å². The predicted molar refractivity (Wildman–Crippen MR) is 83.0 cm³/mol. The highest BCUT2D eigenvalue weighted by Crippen LogP contribution is 2.18. The zero-order chi connectivity index (χ0) is 16.1. The highest BCUT2D eigenvalue weighted by atomic mass is 35.5. The molecular formula is C15H18ClFO3S. The Morgan fingerprint density at radius 2 is 2.00 bits per heavy atom. The fourth-order valence-corrected chi connectivity index (χ4v) is 2.37. The van der Waals surface area contributed by atoms with Crippen molar-refractivity contribution in [2.45, 2.75) is 25.5 Å². The van der Waals surface area contributed by atoms with Crippen molar-refractivity contribution in [3.8, 4) is 17.6 Å². The molecule has 6 heteroatoms. The maximum absolute atomic E-state index is 13.7. The number of hydrogen-bond donors (Lipinski definition) is 0. The van der Waals surface area contributed by atoms with Crippen LogP contribution in [0, 0.1) is 17.7 Å². The molecular weight excluding hydrogens is 315 g/mol. The van der Waals surface area contributed by atoms with Gasteiger partial charge >= 0.3 is 0 Å². The number of benzene rings is 1. The molecule has 3 nitrogen and oxygen atoms in total. The molecule has 0 saturated heterocycles. The molecule has 0 unspecified atom stereocenters. The molecule has 0 aliphatic rings.